The van der Waals surface area contributed by atoms with Crippen LogP contribution in [0.4, 0.5) is 11.4 Å². The van der Waals surface area contributed by atoms with Gasteiger partial charge in [0.05, 0.1) is 22.7 Å². The number of fused-ring (bicyclic) bond motifs is 1. The van der Waals surface area contributed by atoms with Crippen molar-refractivity contribution in [3.63, 3.8) is 0 Å². The topological polar surface area (TPSA) is 148 Å². The number of hydrogen-bond donors (Lipinski definition) is 4. The molecule has 0 saturated heterocycles. The van der Waals surface area contributed by atoms with Gasteiger partial charge in [-0.1, -0.05) is 69.2 Å². The summed E-state index contributed by atoms with van der Waals surface area (Å²) in [5.41, 5.74) is 11.4. The number of hydrogen-bond acceptors (Lipinski definition) is 5. The Labute approximate surface area is 305 Å². The van der Waals surface area contributed by atoms with Gasteiger partial charge in [-0.2, -0.15) is 0 Å². The van der Waals surface area contributed by atoms with E-state index in [9.17, 15) is 14.4 Å². The van der Waals surface area contributed by atoms with Crippen LogP contribution >= 0.6 is 0 Å². The fourth-order valence-electron chi connectivity index (χ4n) is 5.97. The zero-order chi connectivity index (χ0) is 37.0. The highest BCUT2D eigenvalue weighted by Crippen LogP contribution is 2.26. The van der Waals surface area contributed by atoms with Crippen molar-refractivity contribution in [2.45, 2.75) is 52.4 Å². The number of carbonyl (C=O) groups excluding carboxylic acids is 3. The van der Waals surface area contributed by atoms with Crippen LogP contribution in [0.3, 0.4) is 0 Å². The molecule has 0 aliphatic heterocycles. The Balaban J connectivity index is 1.24. The maximum atomic E-state index is 13.6. The Morgan fingerprint density at radius 1 is 0.865 bits per heavy atom. The lowest BCUT2D eigenvalue weighted by molar-refractivity contribution is 0.0987. The molecular formula is C41H48N8O3. The number of amides is 3. The third-order valence-corrected chi connectivity index (χ3v) is 8.80. The number of para-hydroxylation sites is 1. The number of nitrogens with two attached hydrogens (primary N) is 1. The van der Waals surface area contributed by atoms with Crippen molar-refractivity contribution < 1.29 is 14.4 Å². The molecule has 2 aromatic carbocycles. The number of aryl methyl sites for hydroxylation is 2. The van der Waals surface area contributed by atoms with E-state index in [4.69, 9.17) is 10.7 Å². The molecule has 11 nitrogen and oxygen atoms in total. The number of aromatic nitrogens is 3. The van der Waals surface area contributed by atoms with Gasteiger partial charge in [0.2, 0.25) is 0 Å². The first-order valence-corrected chi connectivity index (χ1v) is 17.8. The van der Waals surface area contributed by atoms with Gasteiger partial charge in [0.25, 0.3) is 17.7 Å². The molecule has 0 fully saturated rings. The largest absolute Gasteiger partial charge is 0.374 e. The summed E-state index contributed by atoms with van der Waals surface area (Å²) in [5.74, 6) is -0.378. The van der Waals surface area contributed by atoms with E-state index in [0.717, 1.165) is 66.6 Å². The average Bonchev–Trinajstić information content (AvgIpc) is 3.66. The van der Waals surface area contributed by atoms with Crippen LogP contribution in [-0.2, 0) is 20.5 Å². The van der Waals surface area contributed by atoms with Crippen molar-refractivity contribution in [2.24, 2.45) is 24.8 Å². The maximum Gasteiger partial charge on any atom is 0.272 e. The van der Waals surface area contributed by atoms with Crippen LogP contribution in [0, 0.1) is 0 Å². The van der Waals surface area contributed by atoms with Crippen LogP contribution < -0.4 is 21.7 Å². The van der Waals surface area contributed by atoms with Gasteiger partial charge < -0.3 is 30.8 Å². The van der Waals surface area contributed by atoms with Gasteiger partial charge in [0, 0.05) is 68.7 Å². The first-order chi connectivity index (χ1) is 25.2. The Kier molecular flexibility index (Phi) is 12.8. The molecule has 5 rings (SSSR count). The molecule has 3 amide bonds. The zero-order valence-corrected chi connectivity index (χ0v) is 30.4. The number of benzene rings is 2. The number of anilines is 2. The lowest BCUT2D eigenvalue weighted by atomic mass is 10.1. The predicted octanol–water partition coefficient (Wildman–Crippen LogP) is 7.21. The van der Waals surface area contributed by atoms with Crippen molar-refractivity contribution in [3.8, 4) is 0 Å². The number of aliphatic imine (C=N–C) groups is 1. The van der Waals surface area contributed by atoms with E-state index in [1.54, 1.807) is 53.8 Å². The highest BCUT2D eigenvalue weighted by Gasteiger charge is 2.22. The fraction of sp³-hybridized carbons (Fsp3) is 0.293. The summed E-state index contributed by atoms with van der Waals surface area (Å²) in [7, 11) is 3.47. The third kappa shape index (κ3) is 9.63. The minimum absolute atomic E-state index is 0.299. The van der Waals surface area contributed by atoms with Gasteiger partial charge in [-0.05, 0) is 60.7 Å². The van der Waals surface area contributed by atoms with Gasteiger partial charge in [0.15, 0.2) is 0 Å². The third-order valence-electron chi connectivity index (χ3n) is 8.80. The van der Waals surface area contributed by atoms with Crippen molar-refractivity contribution >= 4 is 58.0 Å². The zero-order valence-electron chi connectivity index (χ0n) is 30.4. The molecule has 3 heterocycles. The molecule has 0 aliphatic rings. The standard InChI is InChI=1S/C41H48N8O3/c1-5-7-21-43-37(44-22-8-6-2)20-19-33-35(27-49(4)38(33)39(42)50)47-41(52)36-24-32(26-48(36)3)46-40(51)30-17-15-28(16-18-30)13-14-29-23-31-11-9-10-12-34(31)45-25-29/h9-18,23-27H,5-8,19-22H2,1-4H3,(H2,42,50)(H,43,44)(H,46,51)(H,47,52)/b14-13+. The second-order valence-corrected chi connectivity index (χ2v) is 12.9. The molecule has 0 aliphatic carbocycles. The fourth-order valence-corrected chi connectivity index (χ4v) is 5.97. The van der Waals surface area contributed by atoms with Gasteiger partial charge >= 0.3 is 0 Å². The lowest BCUT2D eigenvalue weighted by Crippen LogP contribution is -2.26. The van der Waals surface area contributed by atoms with Crippen LogP contribution in [0.15, 0.2) is 84.2 Å². The average molecular weight is 701 g/mol. The molecular weight excluding hydrogens is 653 g/mol. The highest BCUT2D eigenvalue weighted by molar-refractivity contribution is 6.08. The minimum atomic E-state index is -0.573. The molecule has 270 valence electrons. The van der Waals surface area contributed by atoms with Gasteiger partial charge in [-0.15, -0.1) is 0 Å². The van der Waals surface area contributed by atoms with E-state index in [1.807, 2.05) is 54.7 Å². The number of nitrogens with one attached hydrogen (secondary N) is 3. The summed E-state index contributed by atoms with van der Waals surface area (Å²) in [5, 5.41) is 10.4. The van der Waals surface area contributed by atoms with E-state index in [0.29, 0.717) is 46.7 Å². The SMILES string of the molecule is CCCCN=C(CCc1c(NC(=O)c2cc(NC(=O)c3ccc(/C=C/c4cnc5ccccc5c4)cc3)cn2C)cn(C)c1C(N)=O)NCCCC. The van der Waals surface area contributed by atoms with Crippen LogP contribution in [-0.4, -0.2) is 50.8 Å². The number of amidine groups is 1. The van der Waals surface area contributed by atoms with E-state index in [-0.39, 0.29) is 11.8 Å². The molecule has 5 N–H and O–H groups in total. The summed E-state index contributed by atoms with van der Waals surface area (Å²) in [6.45, 7) is 5.82. The normalized spacial score (nSPS) is 11.7. The van der Waals surface area contributed by atoms with Gasteiger partial charge in [0.1, 0.15) is 11.4 Å². The predicted molar refractivity (Wildman–Crippen MR) is 211 cm³/mol. The first-order valence-electron chi connectivity index (χ1n) is 17.8. The second-order valence-electron chi connectivity index (χ2n) is 12.9. The van der Waals surface area contributed by atoms with Crippen LogP contribution in [0.25, 0.3) is 23.1 Å². The lowest BCUT2D eigenvalue weighted by Gasteiger charge is -2.12. The van der Waals surface area contributed by atoms with Crippen LogP contribution in [0.1, 0.15) is 94.0 Å². The van der Waals surface area contributed by atoms with Crippen molar-refractivity contribution in [1.29, 1.82) is 0 Å². The molecule has 0 bridgehead atoms. The van der Waals surface area contributed by atoms with E-state index in [1.165, 1.54) is 0 Å². The van der Waals surface area contributed by atoms with E-state index < -0.39 is 5.91 Å². The Morgan fingerprint density at radius 2 is 1.62 bits per heavy atom. The maximum absolute atomic E-state index is 13.6. The molecule has 52 heavy (non-hydrogen) atoms. The number of carbonyl (C=O) groups is 3. The Bertz CT molecular complexity index is 2090. The molecule has 3 aromatic heterocycles. The minimum Gasteiger partial charge on any atom is -0.374 e. The second kappa shape index (κ2) is 17.8. The summed E-state index contributed by atoms with van der Waals surface area (Å²) in [6, 6.07) is 19.0. The molecule has 0 unspecified atom stereocenters. The van der Waals surface area contributed by atoms with Gasteiger partial charge in [-0.25, -0.2) is 0 Å². The van der Waals surface area contributed by atoms with Crippen LogP contribution in [0.2, 0.25) is 0 Å². The Morgan fingerprint density at radius 3 is 2.37 bits per heavy atom. The molecule has 0 spiro atoms. The molecule has 11 heteroatoms. The number of nitrogens with zero attached hydrogens (tertiary/aromatic N) is 4. The molecule has 5 aromatic rings. The highest BCUT2D eigenvalue weighted by atomic mass is 16.2. The quantitative estimate of drug-likeness (QED) is 0.0488. The van der Waals surface area contributed by atoms with Crippen molar-refractivity contribution in [3.05, 3.63) is 113 Å². The Hall–Kier alpha value is -5.97. The molecule has 0 saturated carbocycles. The number of unbranched alkanes of at least 4 members (excludes halogenated alkanes) is 2. The summed E-state index contributed by atoms with van der Waals surface area (Å²) in [6.07, 6.45) is 14.4. The summed E-state index contributed by atoms with van der Waals surface area (Å²) >= 11 is 0. The van der Waals surface area contributed by atoms with Crippen LogP contribution in [0.5, 0.6) is 0 Å². The molecule has 0 atom stereocenters. The first kappa shape index (κ1) is 37.3. The monoisotopic (exact) mass is 700 g/mol. The number of primary amides is 1. The summed E-state index contributed by atoms with van der Waals surface area (Å²) < 4.78 is 3.29. The smallest absolute Gasteiger partial charge is 0.272 e. The number of rotatable bonds is 16. The van der Waals surface area contributed by atoms with E-state index in [2.05, 4.69) is 40.8 Å². The summed E-state index contributed by atoms with van der Waals surface area (Å²) in [4.78, 5) is 48.5. The van der Waals surface area contributed by atoms with Crippen molar-refractivity contribution in [1.82, 2.24) is 19.4 Å². The van der Waals surface area contributed by atoms with E-state index >= 15 is 0 Å². The number of pyridine rings is 1. The van der Waals surface area contributed by atoms with Gasteiger partial charge in [-0.3, -0.25) is 24.4 Å². The van der Waals surface area contributed by atoms with Crippen molar-refractivity contribution in [2.75, 3.05) is 23.7 Å². The molecule has 0 radical (unpaired) electrons.